The summed E-state index contributed by atoms with van der Waals surface area (Å²) >= 11 is 3.49. The number of nitrogens with zero attached hydrogens (tertiary/aromatic N) is 2. The van der Waals surface area contributed by atoms with Crippen molar-refractivity contribution in [1.82, 2.24) is 10.6 Å². The summed E-state index contributed by atoms with van der Waals surface area (Å²) in [6.07, 6.45) is -0.250. The first-order valence-corrected chi connectivity index (χ1v) is 17.1. The highest BCUT2D eigenvalue weighted by atomic mass is 79.9. The minimum Gasteiger partial charge on any atom is -0.495 e. The predicted molar refractivity (Wildman–Crippen MR) is 198 cm³/mol. The van der Waals surface area contributed by atoms with Gasteiger partial charge in [0.25, 0.3) is 0 Å². The van der Waals surface area contributed by atoms with Crippen molar-refractivity contribution in [1.29, 1.82) is 10.5 Å². The van der Waals surface area contributed by atoms with E-state index in [1.165, 1.54) is 31.4 Å². The van der Waals surface area contributed by atoms with E-state index in [0.717, 1.165) is 35.7 Å². The number of morpholine rings is 2. The lowest BCUT2D eigenvalue weighted by molar-refractivity contribution is 0.0275. The molecule has 13 nitrogen and oxygen atoms in total. The van der Waals surface area contributed by atoms with Crippen LogP contribution in [0.2, 0.25) is 0 Å². The van der Waals surface area contributed by atoms with Gasteiger partial charge in [0.1, 0.15) is 17.4 Å². The lowest BCUT2D eigenvalue weighted by Crippen LogP contribution is -2.33. The fourth-order valence-electron chi connectivity index (χ4n) is 5.34. The summed E-state index contributed by atoms with van der Waals surface area (Å²) in [4.78, 5) is 24.4. The number of hydrogen-bond donors (Lipinski definition) is 6. The smallest absolute Gasteiger partial charge is 0.323 e. The van der Waals surface area contributed by atoms with Gasteiger partial charge in [-0.05, 0) is 87.7 Å². The third-order valence-electron chi connectivity index (χ3n) is 8.00. The van der Waals surface area contributed by atoms with Crippen LogP contribution in [0.15, 0.2) is 77.3 Å². The van der Waals surface area contributed by atoms with E-state index < -0.39 is 23.7 Å². The first-order chi connectivity index (χ1) is 25.7. The van der Waals surface area contributed by atoms with Crippen LogP contribution in [0.4, 0.5) is 41.1 Å². The number of ether oxygens (including phenoxy) is 3. The summed E-state index contributed by atoms with van der Waals surface area (Å²) in [5.74, 6) is -0.851. The van der Waals surface area contributed by atoms with Crippen LogP contribution in [-0.2, 0) is 9.47 Å². The van der Waals surface area contributed by atoms with Crippen LogP contribution in [0.25, 0.3) is 0 Å². The minimum atomic E-state index is -0.818. The van der Waals surface area contributed by atoms with E-state index in [2.05, 4.69) is 47.8 Å². The summed E-state index contributed by atoms with van der Waals surface area (Å²) < 4.78 is 45.2. The minimum absolute atomic E-state index is 0.00379. The third-order valence-corrected chi connectivity index (χ3v) is 8.66. The zero-order valence-electron chi connectivity index (χ0n) is 28.4. The van der Waals surface area contributed by atoms with Gasteiger partial charge < -0.3 is 46.1 Å². The molecule has 53 heavy (non-hydrogen) atoms. The number of amides is 4. The lowest BCUT2D eigenvalue weighted by Gasteiger charge is -2.24. The number of halogens is 3. The van der Waals surface area contributed by atoms with Crippen molar-refractivity contribution in [2.45, 2.75) is 12.2 Å². The largest absolute Gasteiger partial charge is 0.495 e. The lowest BCUT2D eigenvalue weighted by atomic mass is 10.1. The summed E-state index contributed by atoms with van der Waals surface area (Å²) in [5, 5.41) is 34.4. The van der Waals surface area contributed by atoms with Crippen LogP contribution in [0.5, 0.6) is 5.75 Å². The molecule has 2 saturated heterocycles. The second-order valence-electron chi connectivity index (χ2n) is 11.6. The Morgan fingerprint density at radius 2 is 1.25 bits per heavy atom. The maximum atomic E-state index is 14.3. The highest BCUT2D eigenvalue weighted by Gasteiger charge is 2.19. The number of hydrogen-bond acceptors (Lipinski definition) is 9. The molecule has 2 aliphatic heterocycles. The van der Waals surface area contributed by atoms with Gasteiger partial charge in [-0.15, -0.1) is 0 Å². The van der Waals surface area contributed by atoms with Crippen molar-refractivity contribution in [2.75, 3.05) is 67.8 Å². The van der Waals surface area contributed by atoms with Crippen molar-refractivity contribution in [2.24, 2.45) is 0 Å². The van der Waals surface area contributed by atoms with Crippen LogP contribution in [-0.4, -0.2) is 58.6 Å². The van der Waals surface area contributed by atoms with Gasteiger partial charge >= 0.3 is 12.1 Å². The molecule has 6 rings (SSSR count). The predicted octanol–water partition coefficient (Wildman–Crippen LogP) is 6.78. The maximum Gasteiger partial charge on any atom is 0.323 e. The number of rotatable bonds is 7. The second kappa shape index (κ2) is 18.7. The molecule has 0 saturated carbocycles. The molecule has 2 fully saturated rings. The van der Waals surface area contributed by atoms with Gasteiger partial charge in [-0.3, -0.25) is 0 Å². The van der Waals surface area contributed by atoms with E-state index in [4.69, 9.17) is 24.7 Å². The summed E-state index contributed by atoms with van der Waals surface area (Å²) in [7, 11) is 1.50. The fourth-order valence-corrected chi connectivity index (χ4v) is 5.84. The summed E-state index contributed by atoms with van der Waals surface area (Å²) in [6.45, 7) is 4.17. The van der Waals surface area contributed by atoms with Gasteiger partial charge in [0.15, 0.2) is 0 Å². The van der Waals surface area contributed by atoms with Crippen LogP contribution in [0.1, 0.15) is 34.5 Å². The monoisotopic (exact) mass is 788 g/mol. The SMILES string of the molecule is COc1ccc(C#N)cc1NC(=O)Nc1ccc([C@@H]2CNCCO2)cc1Br.N#Cc1ccc(F)c(NC(=O)Nc2ccc([C@@H]3CNCCO3)cc2F)c1. The second-order valence-corrected chi connectivity index (χ2v) is 12.5. The Kier molecular flexibility index (Phi) is 13.7. The summed E-state index contributed by atoms with van der Waals surface area (Å²) in [6, 6.07) is 21.1. The first-order valence-electron chi connectivity index (χ1n) is 16.3. The van der Waals surface area contributed by atoms with Crippen LogP contribution >= 0.6 is 15.9 Å². The molecule has 0 aliphatic carbocycles. The average molecular weight is 790 g/mol. The number of anilines is 4. The van der Waals surface area contributed by atoms with Crippen molar-refractivity contribution in [3.63, 3.8) is 0 Å². The van der Waals surface area contributed by atoms with E-state index in [-0.39, 0.29) is 29.1 Å². The molecule has 0 spiro atoms. The van der Waals surface area contributed by atoms with Crippen LogP contribution in [0, 0.1) is 34.3 Å². The van der Waals surface area contributed by atoms with Gasteiger partial charge in [0.2, 0.25) is 0 Å². The molecule has 4 aromatic rings. The van der Waals surface area contributed by atoms with E-state index >= 15 is 0 Å². The van der Waals surface area contributed by atoms with Crippen LogP contribution < -0.4 is 36.6 Å². The third kappa shape index (κ3) is 10.7. The van der Waals surface area contributed by atoms with Gasteiger partial charge in [0.05, 0.1) is 78.5 Å². The fraction of sp³-hybridized carbons (Fsp3) is 0.243. The Morgan fingerprint density at radius 3 is 1.79 bits per heavy atom. The number of benzene rings is 4. The Hall–Kier alpha value is -5.62. The molecule has 0 unspecified atom stereocenters. The molecule has 2 atom stereocenters. The van der Waals surface area contributed by atoms with Crippen molar-refractivity contribution >= 4 is 50.7 Å². The number of nitriles is 2. The molecule has 0 aromatic heterocycles. The van der Waals surface area contributed by atoms with Crippen molar-refractivity contribution < 1.29 is 32.6 Å². The molecule has 2 aliphatic rings. The first kappa shape index (κ1) is 38.6. The highest BCUT2D eigenvalue weighted by molar-refractivity contribution is 9.10. The van der Waals surface area contributed by atoms with Gasteiger partial charge in [0, 0.05) is 30.7 Å². The quantitative estimate of drug-likeness (QED) is 0.118. The molecule has 4 amide bonds. The molecule has 0 radical (unpaired) electrons. The molecule has 16 heteroatoms. The van der Waals surface area contributed by atoms with Gasteiger partial charge in [-0.25, -0.2) is 18.4 Å². The molecule has 4 aromatic carbocycles. The molecular weight excluding hydrogens is 754 g/mol. The Labute approximate surface area is 312 Å². The Bertz CT molecular complexity index is 2030. The molecular formula is C37H35BrF2N8O5. The molecule has 0 bridgehead atoms. The summed E-state index contributed by atoms with van der Waals surface area (Å²) in [5.41, 5.74) is 3.14. The number of carbonyl (C=O) groups excluding carboxylic acids is 2. The van der Waals surface area contributed by atoms with Crippen LogP contribution in [0.3, 0.4) is 0 Å². The standard InChI is InChI=1S/C19H19BrN4O3.C18H16F2N4O2/c1-26-17-5-2-12(10-21)8-16(17)24-19(25)23-15-4-3-13(9-14(15)20)18-11-22-6-7-27-18;19-13-3-1-11(9-21)7-16(13)24-18(25)23-15-4-2-12(8-14(15)20)17-10-22-5-6-26-17/h2-5,8-9,18,22H,6-7,11H2,1H3,(H2,23,24,25);1-4,7-8,17,22H,5-6,10H2,(H2,23,24,25)/t18-;17-/m00/s1. The average Bonchev–Trinajstić information content (AvgIpc) is 3.18. The van der Waals surface area contributed by atoms with E-state index in [1.54, 1.807) is 24.3 Å². The Balaban J connectivity index is 0.000000204. The number of nitrogens with one attached hydrogen (secondary N) is 6. The highest BCUT2D eigenvalue weighted by Crippen LogP contribution is 2.30. The van der Waals surface area contributed by atoms with E-state index in [9.17, 15) is 18.4 Å². The van der Waals surface area contributed by atoms with Crippen molar-refractivity contribution in [3.8, 4) is 17.9 Å². The number of carbonyl (C=O) groups is 2. The van der Waals surface area contributed by atoms with E-state index in [1.807, 2.05) is 30.3 Å². The normalized spacial score (nSPS) is 16.4. The zero-order valence-corrected chi connectivity index (χ0v) is 30.0. The maximum absolute atomic E-state index is 14.3. The Morgan fingerprint density at radius 1 is 0.717 bits per heavy atom. The topological polar surface area (TPSA) is 182 Å². The van der Waals surface area contributed by atoms with Crippen molar-refractivity contribution in [3.05, 3.63) is 111 Å². The van der Waals surface area contributed by atoms with Gasteiger partial charge in [-0.2, -0.15) is 10.5 Å². The molecule has 6 N–H and O–H groups in total. The number of urea groups is 2. The van der Waals surface area contributed by atoms with E-state index in [0.29, 0.717) is 48.0 Å². The van der Waals surface area contributed by atoms with Gasteiger partial charge in [-0.1, -0.05) is 12.1 Å². The molecule has 2 heterocycles. The number of methoxy groups -OCH3 is 1. The zero-order chi connectivity index (χ0) is 37.7. The molecule has 274 valence electrons.